The monoisotopic (exact) mass is 283 g/mol. The van der Waals surface area contributed by atoms with E-state index in [1.807, 2.05) is 11.9 Å². The van der Waals surface area contributed by atoms with E-state index in [-0.39, 0.29) is 11.8 Å². The van der Waals surface area contributed by atoms with Crippen LogP contribution in [0.4, 0.5) is 0 Å². The summed E-state index contributed by atoms with van der Waals surface area (Å²) in [4.78, 5) is 27.9. The Balaban J connectivity index is 2.36. The predicted octanol–water partition coefficient (Wildman–Crippen LogP) is 1.24. The quantitative estimate of drug-likeness (QED) is 0.729. The highest BCUT2D eigenvalue weighted by molar-refractivity contribution is 5.83. The maximum atomic E-state index is 12.1. The average molecular weight is 283 g/mol. The molecule has 1 N–H and O–H groups in total. The van der Waals surface area contributed by atoms with Crippen LogP contribution in [0, 0.1) is 0 Å². The molecule has 0 aromatic heterocycles. The summed E-state index contributed by atoms with van der Waals surface area (Å²) in [5.41, 5.74) is 0. The van der Waals surface area contributed by atoms with Crippen molar-refractivity contribution in [3.05, 3.63) is 0 Å². The molecule has 1 fully saturated rings. The third-order valence-corrected chi connectivity index (χ3v) is 3.87. The molecule has 5 heteroatoms. The Kier molecular flexibility index (Phi) is 7.59. The number of likely N-dealkylation sites (N-methyl/N-ethyl adjacent to an activating group) is 1. The van der Waals surface area contributed by atoms with Crippen LogP contribution in [-0.4, -0.2) is 60.9 Å². The van der Waals surface area contributed by atoms with E-state index >= 15 is 0 Å². The molecule has 116 valence electrons. The first-order valence-corrected chi connectivity index (χ1v) is 7.84. The number of carbonyl (C=O) groups is 2. The van der Waals surface area contributed by atoms with Gasteiger partial charge < -0.3 is 15.1 Å². The van der Waals surface area contributed by atoms with Crippen molar-refractivity contribution in [2.45, 2.75) is 52.0 Å². The lowest BCUT2D eigenvalue weighted by Gasteiger charge is -2.25. The highest BCUT2D eigenvalue weighted by Crippen LogP contribution is 2.09. The van der Waals surface area contributed by atoms with E-state index in [1.165, 1.54) is 0 Å². The molecule has 1 atom stereocenters. The van der Waals surface area contributed by atoms with Gasteiger partial charge in [-0.1, -0.05) is 13.8 Å². The molecule has 1 heterocycles. The second-order valence-corrected chi connectivity index (χ2v) is 5.53. The number of carbonyl (C=O) groups excluding carboxylic acids is 2. The van der Waals surface area contributed by atoms with E-state index in [9.17, 15) is 9.59 Å². The number of nitrogens with one attached hydrogen (secondary N) is 1. The van der Waals surface area contributed by atoms with Crippen LogP contribution in [0.3, 0.4) is 0 Å². The van der Waals surface area contributed by atoms with Crippen LogP contribution in [0.25, 0.3) is 0 Å². The first kappa shape index (κ1) is 17.0. The Morgan fingerprint density at radius 3 is 2.20 bits per heavy atom. The number of hydrogen-bond acceptors (Lipinski definition) is 3. The molecular weight excluding hydrogens is 254 g/mol. The summed E-state index contributed by atoms with van der Waals surface area (Å²) in [6, 6.07) is 0.292. The van der Waals surface area contributed by atoms with Gasteiger partial charge in [-0.3, -0.25) is 9.59 Å². The summed E-state index contributed by atoms with van der Waals surface area (Å²) in [5.74, 6) is 0.194. The lowest BCUT2D eigenvalue weighted by atomic mass is 10.2. The molecule has 0 saturated carbocycles. The fourth-order valence-electron chi connectivity index (χ4n) is 2.62. The van der Waals surface area contributed by atoms with Crippen LogP contribution in [0.5, 0.6) is 0 Å². The van der Waals surface area contributed by atoms with Crippen molar-refractivity contribution in [2.75, 3.05) is 33.2 Å². The first-order valence-electron chi connectivity index (χ1n) is 7.84. The van der Waals surface area contributed by atoms with Crippen molar-refractivity contribution in [1.82, 2.24) is 15.1 Å². The minimum atomic E-state index is 0.0833. The third kappa shape index (κ3) is 5.12. The Morgan fingerprint density at radius 2 is 1.70 bits per heavy atom. The summed E-state index contributed by atoms with van der Waals surface area (Å²) < 4.78 is 0. The van der Waals surface area contributed by atoms with E-state index in [0.29, 0.717) is 18.9 Å². The van der Waals surface area contributed by atoms with Gasteiger partial charge in [0.25, 0.3) is 0 Å². The second-order valence-electron chi connectivity index (χ2n) is 5.53. The molecule has 0 bridgehead atoms. The van der Waals surface area contributed by atoms with Crippen LogP contribution in [-0.2, 0) is 9.59 Å². The summed E-state index contributed by atoms with van der Waals surface area (Å²) in [5, 5.41) is 3.26. The predicted molar refractivity (Wildman–Crippen MR) is 80.4 cm³/mol. The van der Waals surface area contributed by atoms with Crippen molar-refractivity contribution in [2.24, 2.45) is 0 Å². The van der Waals surface area contributed by atoms with Gasteiger partial charge in [0.1, 0.15) is 0 Å². The van der Waals surface area contributed by atoms with Gasteiger partial charge in [-0.05, 0) is 25.8 Å². The fraction of sp³-hybridized carbons (Fsp3) is 0.867. The molecule has 0 aromatic rings. The lowest BCUT2D eigenvalue weighted by molar-refractivity contribution is -0.137. The van der Waals surface area contributed by atoms with E-state index in [4.69, 9.17) is 0 Å². The van der Waals surface area contributed by atoms with Gasteiger partial charge in [-0.2, -0.15) is 0 Å². The number of rotatable bonds is 8. The minimum Gasteiger partial charge on any atom is -0.343 e. The first-order chi connectivity index (χ1) is 9.60. The van der Waals surface area contributed by atoms with Gasteiger partial charge in [0.15, 0.2) is 0 Å². The highest BCUT2D eigenvalue weighted by Gasteiger charge is 2.23. The van der Waals surface area contributed by atoms with Gasteiger partial charge in [0, 0.05) is 45.6 Å². The van der Waals surface area contributed by atoms with Crippen molar-refractivity contribution in [3.63, 3.8) is 0 Å². The van der Waals surface area contributed by atoms with Gasteiger partial charge in [0.2, 0.25) is 11.8 Å². The highest BCUT2D eigenvalue weighted by atomic mass is 16.2. The van der Waals surface area contributed by atoms with Crippen LogP contribution in [0.1, 0.15) is 46.0 Å². The zero-order valence-electron chi connectivity index (χ0n) is 13.2. The van der Waals surface area contributed by atoms with Crippen LogP contribution in [0.2, 0.25) is 0 Å². The van der Waals surface area contributed by atoms with Crippen molar-refractivity contribution in [3.8, 4) is 0 Å². The number of amides is 2. The molecule has 1 saturated heterocycles. The zero-order valence-corrected chi connectivity index (χ0v) is 13.2. The van der Waals surface area contributed by atoms with Gasteiger partial charge in [0.05, 0.1) is 0 Å². The molecule has 2 amide bonds. The Morgan fingerprint density at radius 1 is 1.10 bits per heavy atom. The van der Waals surface area contributed by atoms with Crippen molar-refractivity contribution in [1.29, 1.82) is 0 Å². The maximum Gasteiger partial charge on any atom is 0.223 e. The standard InChI is InChI=1S/C15H29N3O2/c1-4-10-18(11-5-2)15(20)7-6-14(19)17(3)13-8-9-16-12-13/h13,16H,4-12H2,1-3H3. The van der Waals surface area contributed by atoms with Gasteiger partial charge in [-0.15, -0.1) is 0 Å². The van der Waals surface area contributed by atoms with Crippen LogP contribution < -0.4 is 5.32 Å². The zero-order chi connectivity index (χ0) is 15.0. The molecule has 1 aliphatic heterocycles. The molecule has 5 nitrogen and oxygen atoms in total. The Labute approximate surface area is 122 Å². The van der Waals surface area contributed by atoms with Gasteiger partial charge in [-0.25, -0.2) is 0 Å². The Bertz CT molecular complexity index is 294. The van der Waals surface area contributed by atoms with E-state index in [0.717, 1.165) is 45.4 Å². The van der Waals surface area contributed by atoms with E-state index in [2.05, 4.69) is 19.2 Å². The SMILES string of the molecule is CCCN(CCC)C(=O)CCC(=O)N(C)C1CCNC1. The molecule has 0 aliphatic carbocycles. The summed E-state index contributed by atoms with van der Waals surface area (Å²) in [7, 11) is 1.85. The molecule has 1 aliphatic rings. The summed E-state index contributed by atoms with van der Waals surface area (Å²) in [6.07, 6.45) is 3.60. The molecule has 1 unspecified atom stereocenters. The van der Waals surface area contributed by atoms with E-state index < -0.39 is 0 Å². The second kappa shape index (κ2) is 8.95. The Hall–Kier alpha value is -1.10. The molecule has 0 radical (unpaired) electrons. The molecule has 0 spiro atoms. The largest absolute Gasteiger partial charge is 0.343 e. The maximum absolute atomic E-state index is 12.1. The van der Waals surface area contributed by atoms with Crippen molar-refractivity contribution >= 4 is 11.8 Å². The average Bonchev–Trinajstić information content (AvgIpc) is 2.97. The molecular formula is C15H29N3O2. The molecule has 20 heavy (non-hydrogen) atoms. The lowest BCUT2D eigenvalue weighted by Crippen LogP contribution is -2.39. The fourth-order valence-corrected chi connectivity index (χ4v) is 2.62. The molecule has 0 aromatic carbocycles. The van der Waals surface area contributed by atoms with Crippen molar-refractivity contribution < 1.29 is 9.59 Å². The summed E-state index contributed by atoms with van der Waals surface area (Å²) >= 11 is 0. The van der Waals surface area contributed by atoms with Crippen LogP contribution in [0.15, 0.2) is 0 Å². The smallest absolute Gasteiger partial charge is 0.223 e. The number of hydrogen-bond donors (Lipinski definition) is 1. The normalized spacial score (nSPS) is 18.1. The topological polar surface area (TPSA) is 52.7 Å². The molecule has 1 rings (SSSR count). The summed E-state index contributed by atoms with van der Waals surface area (Å²) in [6.45, 7) is 7.58. The third-order valence-electron chi connectivity index (χ3n) is 3.87. The van der Waals surface area contributed by atoms with Gasteiger partial charge >= 0.3 is 0 Å². The van der Waals surface area contributed by atoms with Crippen LogP contribution >= 0.6 is 0 Å². The minimum absolute atomic E-state index is 0.0833. The van der Waals surface area contributed by atoms with E-state index in [1.54, 1.807) is 4.90 Å². The number of nitrogens with zero attached hydrogens (tertiary/aromatic N) is 2.